The summed E-state index contributed by atoms with van der Waals surface area (Å²) in [5.41, 5.74) is 3.97. The van der Waals surface area contributed by atoms with Gasteiger partial charge in [0.1, 0.15) is 53.0 Å². The maximum atomic E-state index is 16.5. The van der Waals surface area contributed by atoms with Crippen LogP contribution in [0.2, 0.25) is 5.02 Å². The number of benzene rings is 3. The molecule has 22 nitrogen and oxygen atoms in total. The fourth-order valence-electron chi connectivity index (χ4n) is 10.1. The van der Waals surface area contributed by atoms with E-state index in [1.54, 1.807) is 30.4 Å². The number of phenolic OH excluding ortho intramolecular Hbond substituents is 1. The number of amides is 4. The van der Waals surface area contributed by atoms with Crippen LogP contribution in [0.5, 0.6) is 11.5 Å². The normalized spacial score (nSPS) is 15.6. The van der Waals surface area contributed by atoms with Gasteiger partial charge < -0.3 is 68.7 Å². The number of thiazole rings is 1. The van der Waals surface area contributed by atoms with Gasteiger partial charge in [0.2, 0.25) is 29.6 Å². The minimum atomic E-state index is -0.971. The molecule has 5 heterocycles. The van der Waals surface area contributed by atoms with Gasteiger partial charge in [0, 0.05) is 94.8 Å². The van der Waals surface area contributed by atoms with Crippen molar-refractivity contribution in [2.45, 2.75) is 65.1 Å². The van der Waals surface area contributed by atoms with E-state index in [4.69, 9.17) is 39.8 Å². The lowest BCUT2D eigenvalue weighted by Gasteiger charge is -2.35. The number of aliphatic hydroxyl groups excluding tert-OH is 1. The molecule has 4 amide bonds. The van der Waals surface area contributed by atoms with E-state index in [1.165, 1.54) is 45.4 Å². The molecular formula is C60H73ClF2N10O12S. The third-order valence-corrected chi connectivity index (χ3v) is 15.9. The quantitative estimate of drug-likeness (QED) is 0.0264. The van der Waals surface area contributed by atoms with Gasteiger partial charge in [0.15, 0.2) is 5.82 Å². The second-order valence-corrected chi connectivity index (χ2v) is 22.3. The number of carbonyl (C=O) groups excluding carboxylic acids is 4. The summed E-state index contributed by atoms with van der Waals surface area (Å²) < 4.78 is 66.0. The number of β-amino-alcohol motifs (C(OH)–C–C–N with tert-alkyl or cyclic N) is 1. The average molecular weight is 1230 g/mol. The van der Waals surface area contributed by atoms with Crippen LogP contribution in [0.4, 0.5) is 20.5 Å². The molecule has 3 aromatic heterocycles. The third-order valence-electron chi connectivity index (χ3n) is 14.7. The number of hydrogen-bond acceptors (Lipinski definition) is 19. The minimum absolute atomic E-state index is 0.00341. The maximum absolute atomic E-state index is 16.5. The van der Waals surface area contributed by atoms with Crippen LogP contribution in [-0.4, -0.2) is 193 Å². The number of hydrogen-bond donors (Lipinski definition) is 4. The van der Waals surface area contributed by atoms with Crippen LogP contribution in [0, 0.1) is 31.4 Å². The summed E-state index contributed by atoms with van der Waals surface area (Å²) in [4.78, 5) is 74.0. The Morgan fingerprint density at radius 3 is 2.27 bits per heavy atom. The van der Waals surface area contributed by atoms with E-state index < -0.39 is 46.9 Å². The first-order chi connectivity index (χ1) is 41.4. The average Bonchev–Trinajstić information content (AvgIpc) is 1.28. The Hall–Kier alpha value is -7.39. The number of nitrogens with one attached hydrogen (secondary N) is 2. The Kier molecular flexibility index (Phi) is 23.1. The minimum Gasteiger partial charge on any atom is -0.507 e. The number of fused-ring (bicyclic) bond motifs is 1. The van der Waals surface area contributed by atoms with Gasteiger partial charge in [-0.25, -0.2) is 18.7 Å². The molecule has 2 fully saturated rings. The van der Waals surface area contributed by atoms with Crippen LogP contribution in [0.3, 0.4) is 0 Å². The summed E-state index contributed by atoms with van der Waals surface area (Å²) in [7, 11) is 1.65. The zero-order chi connectivity index (χ0) is 61.4. The molecule has 462 valence electrons. The van der Waals surface area contributed by atoms with Gasteiger partial charge in [-0.2, -0.15) is 4.98 Å². The number of likely N-dealkylation sites (N-methyl/N-ethyl adjacent to an activating group) is 1. The summed E-state index contributed by atoms with van der Waals surface area (Å²) in [6, 6.07) is 11.6. The van der Waals surface area contributed by atoms with Crippen LogP contribution in [0.1, 0.15) is 55.3 Å². The highest BCUT2D eigenvalue weighted by Crippen LogP contribution is 2.43. The van der Waals surface area contributed by atoms with Crippen molar-refractivity contribution >= 4 is 69.2 Å². The molecule has 3 aromatic carbocycles. The van der Waals surface area contributed by atoms with Crippen LogP contribution >= 0.6 is 22.9 Å². The lowest BCUT2D eigenvalue weighted by atomic mass is 9.91. The molecule has 0 spiro atoms. The smallest absolute Gasteiger partial charge is 0.246 e. The Bertz CT molecular complexity index is 3310. The standard InChI is InChI=1S/C60H73ClF2N10O12S/c1-7-49(76)71-15-17-72(18-16-71)57-42-32-43(61)52(53-44(62)9-8-10-46(53)75)54(63)55(42)67-60(68-57)64-14-13-50(77)70(6)19-20-80-21-22-81-23-24-82-25-26-83-27-28-84-47-30-39(56-38(5)66-35-86-56)11-12-40(47)33-65-58(78)45-31-41(74)34-73(45)59(79)51(36(2)3)48-29-37(4)69-85-48/h7-12,29-30,32,35-36,41,45,51,74-75H,1,13-28,31,33-34H2,2-6H3,(H,65,78)(H,64,67,68)/t41-,45+,51+/m1/s1. The van der Waals surface area contributed by atoms with Crippen molar-refractivity contribution in [3.8, 4) is 33.1 Å². The second-order valence-electron chi connectivity index (χ2n) is 21.1. The molecule has 0 saturated carbocycles. The zero-order valence-corrected chi connectivity index (χ0v) is 50.4. The van der Waals surface area contributed by atoms with Crippen molar-refractivity contribution in [2.24, 2.45) is 5.92 Å². The van der Waals surface area contributed by atoms with Gasteiger partial charge in [-0.1, -0.05) is 55.4 Å². The number of piperazine rings is 1. The molecular weight excluding hydrogens is 1160 g/mol. The van der Waals surface area contributed by atoms with Gasteiger partial charge in [-0.05, 0) is 55.7 Å². The number of aryl methyl sites for hydroxylation is 2. The summed E-state index contributed by atoms with van der Waals surface area (Å²) in [6.07, 6.45) is 0.522. The summed E-state index contributed by atoms with van der Waals surface area (Å²) in [5.74, 6) is -2.99. The van der Waals surface area contributed by atoms with E-state index in [1.807, 2.05) is 43.9 Å². The Labute approximate surface area is 506 Å². The highest BCUT2D eigenvalue weighted by atomic mass is 35.5. The molecule has 0 unspecified atom stereocenters. The molecule has 8 rings (SSSR count). The number of carbonyl (C=O) groups is 4. The van der Waals surface area contributed by atoms with E-state index in [0.29, 0.717) is 101 Å². The summed E-state index contributed by atoms with van der Waals surface area (Å²) in [5, 5.41) is 31.2. The molecule has 26 heteroatoms. The van der Waals surface area contributed by atoms with Crippen LogP contribution < -0.4 is 20.3 Å². The molecule has 0 radical (unpaired) electrons. The maximum Gasteiger partial charge on any atom is 0.246 e. The van der Waals surface area contributed by atoms with Crippen molar-refractivity contribution in [3.63, 3.8) is 0 Å². The van der Waals surface area contributed by atoms with Crippen LogP contribution in [0.25, 0.3) is 32.5 Å². The molecule has 3 atom stereocenters. The number of anilines is 2. The Morgan fingerprint density at radius 2 is 1.63 bits per heavy atom. The van der Waals surface area contributed by atoms with E-state index in [-0.39, 0.29) is 103 Å². The van der Waals surface area contributed by atoms with Gasteiger partial charge in [-0.15, -0.1) is 11.3 Å². The number of likely N-dealkylation sites (tertiary alicyclic amines) is 1. The predicted octanol–water partition coefficient (Wildman–Crippen LogP) is 6.92. The number of aromatic hydroxyl groups is 1. The molecule has 86 heavy (non-hydrogen) atoms. The van der Waals surface area contributed by atoms with Gasteiger partial charge in [0.25, 0.3) is 0 Å². The van der Waals surface area contributed by atoms with Crippen LogP contribution in [-0.2, 0) is 44.7 Å². The summed E-state index contributed by atoms with van der Waals surface area (Å²) in [6.45, 7) is 15.6. The Morgan fingerprint density at radius 1 is 0.930 bits per heavy atom. The fourth-order valence-corrected chi connectivity index (χ4v) is 11.2. The molecule has 0 aliphatic carbocycles. The molecule has 0 bridgehead atoms. The highest BCUT2D eigenvalue weighted by Gasteiger charge is 2.43. The van der Waals surface area contributed by atoms with Crippen molar-refractivity contribution in [3.05, 3.63) is 106 Å². The number of aliphatic hydroxyl groups is 1. The van der Waals surface area contributed by atoms with E-state index in [0.717, 1.165) is 22.2 Å². The number of aromatic nitrogens is 4. The first-order valence-corrected chi connectivity index (χ1v) is 29.7. The third kappa shape index (κ3) is 16.4. The largest absolute Gasteiger partial charge is 0.507 e. The first kappa shape index (κ1) is 64.6. The lowest BCUT2D eigenvalue weighted by Crippen LogP contribution is -2.48. The first-order valence-electron chi connectivity index (χ1n) is 28.4. The number of halogens is 3. The number of ether oxygens (including phenoxy) is 5. The van der Waals surface area contributed by atoms with Gasteiger partial charge >= 0.3 is 0 Å². The van der Waals surface area contributed by atoms with E-state index in [2.05, 4.69) is 37.3 Å². The molecule has 2 aliphatic rings. The van der Waals surface area contributed by atoms with Crippen molar-refractivity contribution in [2.75, 3.05) is 123 Å². The van der Waals surface area contributed by atoms with Gasteiger partial charge in [-0.3, -0.25) is 19.2 Å². The van der Waals surface area contributed by atoms with Crippen molar-refractivity contribution < 1.29 is 66.4 Å². The van der Waals surface area contributed by atoms with Crippen molar-refractivity contribution in [1.29, 1.82) is 0 Å². The molecule has 6 aromatic rings. The lowest BCUT2D eigenvalue weighted by molar-refractivity contribution is -0.141. The predicted molar refractivity (Wildman–Crippen MR) is 319 cm³/mol. The molecule has 2 saturated heterocycles. The molecule has 4 N–H and O–H groups in total. The van der Waals surface area contributed by atoms with E-state index >= 15 is 8.78 Å². The number of phenols is 1. The van der Waals surface area contributed by atoms with Gasteiger partial charge in [0.05, 0.1) is 91.3 Å². The zero-order valence-electron chi connectivity index (χ0n) is 48.8. The number of nitrogens with zero attached hydrogens (tertiary/aromatic N) is 8. The SMILES string of the molecule is C=CC(=O)N1CCN(c2nc(NCCC(=O)N(C)CCOCCOCCOCCOCCOc3cc(-c4scnc4C)ccc3CNC(=O)[C@@H]3C[C@@H](O)CN3C(=O)[C@H](c3cc(C)no3)C(C)C)nc3c(F)c(-c4c(O)cccc4F)c(Cl)cc23)CC1. The van der Waals surface area contributed by atoms with E-state index in [9.17, 15) is 29.4 Å². The second kappa shape index (κ2) is 30.8. The van der Waals surface area contributed by atoms with Crippen molar-refractivity contribution in [1.82, 2.24) is 40.1 Å². The van der Waals surface area contributed by atoms with Crippen LogP contribution in [0.15, 0.2) is 71.2 Å². The monoisotopic (exact) mass is 1230 g/mol. The number of rotatable bonds is 30. The summed E-state index contributed by atoms with van der Waals surface area (Å²) >= 11 is 8.10. The Balaban J connectivity index is 0.716. The fraction of sp³-hybridized carbons (Fsp3) is 0.467. The topological polar surface area (TPSA) is 257 Å². The highest BCUT2D eigenvalue weighted by molar-refractivity contribution is 7.13. The molecule has 2 aliphatic heterocycles.